The highest BCUT2D eigenvalue weighted by Gasteiger charge is 2.30. The predicted octanol–water partition coefficient (Wildman–Crippen LogP) is 1.49. The van der Waals surface area contributed by atoms with Crippen molar-refractivity contribution in [3.63, 3.8) is 0 Å². The number of benzene rings is 1. The van der Waals surface area contributed by atoms with Crippen LogP contribution in [-0.2, 0) is 9.59 Å². The van der Waals surface area contributed by atoms with Gasteiger partial charge in [0.15, 0.2) is 0 Å². The highest BCUT2D eigenvalue weighted by molar-refractivity contribution is 5.83. The molecule has 2 rings (SSSR count). The second kappa shape index (κ2) is 5.53. The molecule has 1 aromatic rings. The highest BCUT2D eigenvalue weighted by atomic mass is 16.1. The first-order valence-corrected chi connectivity index (χ1v) is 6.62. The van der Waals surface area contributed by atoms with E-state index in [0.29, 0.717) is 25.9 Å². The van der Waals surface area contributed by atoms with Gasteiger partial charge in [0.25, 0.3) is 0 Å². The van der Waals surface area contributed by atoms with Crippen LogP contribution in [0.4, 0.5) is 0 Å². The maximum Gasteiger partial charge on any atom is 0.239 e. The zero-order chi connectivity index (χ0) is 14.0. The molecule has 0 aliphatic carbocycles. The largest absolute Gasteiger partial charge is 0.368 e. The molecule has 4 nitrogen and oxygen atoms in total. The monoisotopic (exact) mass is 260 g/mol. The number of likely N-dealkylation sites (tertiary alicyclic amines) is 1. The number of hydrogen-bond acceptors (Lipinski definition) is 3. The molecule has 1 fully saturated rings. The van der Waals surface area contributed by atoms with Gasteiger partial charge >= 0.3 is 0 Å². The Morgan fingerprint density at radius 1 is 1.21 bits per heavy atom. The van der Waals surface area contributed by atoms with Gasteiger partial charge in [-0.05, 0) is 30.5 Å². The first-order chi connectivity index (χ1) is 9.00. The van der Waals surface area contributed by atoms with Gasteiger partial charge in [0.05, 0.1) is 0 Å². The van der Waals surface area contributed by atoms with Crippen LogP contribution >= 0.6 is 0 Å². The van der Waals surface area contributed by atoms with Crippen molar-refractivity contribution in [3.05, 3.63) is 34.9 Å². The second-order valence-corrected chi connectivity index (χ2v) is 5.19. The van der Waals surface area contributed by atoms with E-state index in [2.05, 4.69) is 0 Å². The Morgan fingerprint density at radius 2 is 1.74 bits per heavy atom. The molecule has 0 aromatic heterocycles. The van der Waals surface area contributed by atoms with Crippen LogP contribution in [0, 0.1) is 13.8 Å². The molecular formula is C15H20N2O2. The fourth-order valence-corrected chi connectivity index (χ4v) is 2.80. The Labute approximate surface area is 113 Å². The summed E-state index contributed by atoms with van der Waals surface area (Å²) in [5, 5.41) is 0. The Hall–Kier alpha value is -1.68. The Balaban J connectivity index is 2.35. The first kappa shape index (κ1) is 13.7. The summed E-state index contributed by atoms with van der Waals surface area (Å²) in [6.45, 7) is 5.21. The van der Waals surface area contributed by atoms with Crippen LogP contribution in [-0.4, -0.2) is 29.7 Å². The van der Waals surface area contributed by atoms with E-state index < -0.39 is 6.04 Å². The fraction of sp³-hybridized carbons (Fsp3) is 0.467. The third-order valence-electron chi connectivity index (χ3n) is 3.81. The molecule has 0 saturated carbocycles. The number of carbonyl (C=O) groups is 2. The SMILES string of the molecule is Cc1cccc(C)c1C(C(N)=O)N1CCC(=O)CC1. The summed E-state index contributed by atoms with van der Waals surface area (Å²) in [5.41, 5.74) is 8.74. The molecule has 1 unspecified atom stereocenters. The minimum absolute atomic E-state index is 0.265. The predicted molar refractivity (Wildman–Crippen MR) is 73.7 cm³/mol. The van der Waals surface area contributed by atoms with E-state index in [1.54, 1.807) is 0 Å². The smallest absolute Gasteiger partial charge is 0.239 e. The van der Waals surface area contributed by atoms with Gasteiger partial charge in [-0.1, -0.05) is 18.2 Å². The molecule has 1 aliphatic heterocycles. The molecule has 0 radical (unpaired) electrons. The zero-order valence-corrected chi connectivity index (χ0v) is 11.5. The van der Waals surface area contributed by atoms with Crippen molar-refractivity contribution in [3.8, 4) is 0 Å². The van der Waals surface area contributed by atoms with E-state index >= 15 is 0 Å². The number of nitrogens with two attached hydrogens (primary N) is 1. The number of piperidine rings is 1. The van der Waals surface area contributed by atoms with E-state index in [9.17, 15) is 9.59 Å². The third kappa shape index (κ3) is 2.84. The minimum Gasteiger partial charge on any atom is -0.368 e. The lowest BCUT2D eigenvalue weighted by Crippen LogP contribution is -2.43. The average molecular weight is 260 g/mol. The van der Waals surface area contributed by atoms with Crippen LogP contribution in [0.5, 0.6) is 0 Å². The number of aryl methyl sites for hydroxylation is 2. The molecule has 1 aromatic carbocycles. The van der Waals surface area contributed by atoms with E-state index in [0.717, 1.165) is 16.7 Å². The van der Waals surface area contributed by atoms with Crippen LogP contribution in [0.2, 0.25) is 0 Å². The van der Waals surface area contributed by atoms with Crippen molar-refractivity contribution in [1.29, 1.82) is 0 Å². The number of ketones is 1. The van der Waals surface area contributed by atoms with Gasteiger partial charge < -0.3 is 5.73 Å². The molecule has 19 heavy (non-hydrogen) atoms. The molecule has 2 N–H and O–H groups in total. The molecule has 4 heteroatoms. The minimum atomic E-state index is -0.422. The van der Waals surface area contributed by atoms with Gasteiger partial charge in [-0.3, -0.25) is 14.5 Å². The Kier molecular flexibility index (Phi) is 4.00. The highest BCUT2D eigenvalue weighted by Crippen LogP contribution is 2.28. The summed E-state index contributed by atoms with van der Waals surface area (Å²) in [4.78, 5) is 25.2. The van der Waals surface area contributed by atoms with Crippen LogP contribution in [0.15, 0.2) is 18.2 Å². The molecule has 0 bridgehead atoms. The van der Waals surface area contributed by atoms with Crippen molar-refractivity contribution in [1.82, 2.24) is 4.90 Å². The van der Waals surface area contributed by atoms with Gasteiger partial charge in [0.1, 0.15) is 11.8 Å². The normalized spacial score (nSPS) is 18.3. The molecule has 102 valence electrons. The number of nitrogens with zero attached hydrogens (tertiary/aromatic N) is 1. The lowest BCUT2D eigenvalue weighted by Gasteiger charge is -2.33. The van der Waals surface area contributed by atoms with Crippen molar-refractivity contribution < 1.29 is 9.59 Å². The van der Waals surface area contributed by atoms with Crippen molar-refractivity contribution >= 4 is 11.7 Å². The Bertz CT molecular complexity index is 481. The lowest BCUT2D eigenvalue weighted by atomic mass is 9.93. The van der Waals surface area contributed by atoms with Gasteiger partial charge in [-0.2, -0.15) is 0 Å². The molecule has 0 spiro atoms. The molecule has 1 aliphatic rings. The molecule has 1 heterocycles. The van der Waals surface area contributed by atoms with Crippen LogP contribution in [0.25, 0.3) is 0 Å². The summed E-state index contributed by atoms with van der Waals surface area (Å²) in [6.07, 6.45) is 1.02. The van der Waals surface area contributed by atoms with Crippen molar-refractivity contribution in [2.75, 3.05) is 13.1 Å². The first-order valence-electron chi connectivity index (χ1n) is 6.62. The fourth-order valence-electron chi connectivity index (χ4n) is 2.80. The number of rotatable bonds is 3. The maximum absolute atomic E-state index is 11.9. The quantitative estimate of drug-likeness (QED) is 0.895. The maximum atomic E-state index is 11.9. The van der Waals surface area contributed by atoms with Crippen molar-refractivity contribution in [2.24, 2.45) is 5.73 Å². The number of amides is 1. The van der Waals surface area contributed by atoms with Gasteiger partial charge in [0.2, 0.25) is 5.91 Å². The van der Waals surface area contributed by atoms with Gasteiger partial charge in [-0.25, -0.2) is 0 Å². The van der Waals surface area contributed by atoms with Crippen LogP contribution in [0.3, 0.4) is 0 Å². The number of hydrogen-bond donors (Lipinski definition) is 1. The van der Waals surface area contributed by atoms with E-state index in [4.69, 9.17) is 5.73 Å². The summed E-state index contributed by atoms with van der Waals surface area (Å²) in [5.74, 6) is -0.0762. The van der Waals surface area contributed by atoms with Gasteiger partial charge in [-0.15, -0.1) is 0 Å². The lowest BCUT2D eigenvalue weighted by molar-refractivity contribution is -0.128. The standard InChI is InChI=1S/C15H20N2O2/c1-10-4-3-5-11(2)13(10)14(15(16)19)17-8-6-12(18)7-9-17/h3-5,14H,6-9H2,1-2H3,(H2,16,19). The summed E-state index contributed by atoms with van der Waals surface area (Å²) in [6, 6.07) is 5.54. The average Bonchev–Trinajstić information content (AvgIpc) is 2.35. The van der Waals surface area contributed by atoms with E-state index in [-0.39, 0.29) is 11.7 Å². The molecule has 1 atom stereocenters. The number of carbonyl (C=O) groups excluding carboxylic acids is 2. The zero-order valence-electron chi connectivity index (χ0n) is 11.5. The summed E-state index contributed by atoms with van der Waals surface area (Å²) < 4.78 is 0. The van der Waals surface area contributed by atoms with Crippen LogP contribution < -0.4 is 5.73 Å². The third-order valence-corrected chi connectivity index (χ3v) is 3.81. The van der Waals surface area contributed by atoms with Crippen LogP contribution in [0.1, 0.15) is 35.6 Å². The van der Waals surface area contributed by atoms with E-state index in [1.807, 2.05) is 36.9 Å². The second-order valence-electron chi connectivity index (χ2n) is 5.19. The van der Waals surface area contributed by atoms with Gasteiger partial charge in [0, 0.05) is 25.9 Å². The summed E-state index contributed by atoms with van der Waals surface area (Å²) in [7, 11) is 0. The number of Topliss-reactive ketones (excluding diaryl/α,β-unsaturated/α-hetero) is 1. The number of primary amides is 1. The van der Waals surface area contributed by atoms with Crippen molar-refractivity contribution in [2.45, 2.75) is 32.7 Å². The molecular weight excluding hydrogens is 240 g/mol. The molecule has 1 saturated heterocycles. The van der Waals surface area contributed by atoms with E-state index in [1.165, 1.54) is 0 Å². The molecule has 1 amide bonds. The Morgan fingerprint density at radius 3 is 2.21 bits per heavy atom. The summed E-state index contributed by atoms with van der Waals surface area (Å²) >= 11 is 0. The topological polar surface area (TPSA) is 63.4 Å².